The first-order valence-electron chi connectivity index (χ1n) is 8.90. The van der Waals surface area contributed by atoms with Gasteiger partial charge in [0.15, 0.2) is 0 Å². The summed E-state index contributed by atoms with van der Waals surface area (Å²) >= 11 is 0. The van der Waals surface area contributed by atoms with Gasteiger partial charge in [-0.05, 0) is 57.0 Å². The average Bonchev–Trinajstić information content (AvgIpc) is 2.65. The molecular formula is C18H28N2O4S. The molecule has 1 N–H and O–H groups in total. The number of hydrogen-bond acceptors (Lipinski definition) is 5. The van der Waals surface area contributed by atoms with E-state index in [0.717, 1.165) is 25.9 Å². The van der Waals surface area contributed by atoms with Crippen LogP contribution in [-0.2, 0) is 14.8 Å². The van der Waals surface area contributed by atoms with Crippen molar-refractivity contribution in [1.29, 1.82) is 0 Å². The number of likely N-dealkylation sites (tertiary alicyclic amines) is 1. The molecule has 6 nitrogen and oxygen atoms in total. The molecule has 25 heavy (non-hydrogen) atoms. The number of methoxy groups -OCH3 is 1. The van der Waals surface area contributed by atoms with Crippen molar-refractivity contribution in [3.8, 4) is 0 Å². The predicted octanol–water partition coefficient (Wildman–Crippen LogP) is 2.41. The van der Waals surface area contributed by atoms with E-state index in [1.807, 2.05) is 0 Å². The molecule has 0 radical (unpaired) electrons. The lowest BCUT2D eigenvalue weighted by Crippen LogP contribution is -2.40. The first-order valence-corrected chi connectivity index (χ1v) is 10.4. The van der Waals surface area contributed by atoms with Crippen molar-refractivity contribution in [3.63, 3.8) is 0 Å². The molecule has 2 rings (SSSR count). The second-order valence-corrected chi connectivity index (χ2v) is 8.13. The van der Waals surface area contributed by atoms with Gasteiger partial charge in [-0.2, -0.15) is 0 Å². The molecule has 1 fully saturated rings. The van der Waals surface area contributed by atoms with E-state index in [1.54, 1.807) is 6.07 Å². The Morgan fingerprint density at radius 2 is 2.16 bits per heavy atom. The number of nitrogens with zero attached hydrogens (tertiary/aromatic N) is 1. The van der Waals surface area contributed by atoms with E-state index in [9.17, 15) is 13.2 Å². The zero-order chi connectivity index (χ0) is 18.3. The molecule has 1 aliphatic rings. The van der Waals surface area contributed by atoms with Crippen LogP contribution in [0, 0.1) is 0 Å². The Hall–Kier alpha value is -1.44. The third-order valence-corrected chi connectivity index (χ3v) is 6.16. The number of piperidine rings is 1. The van der Waals surface area contributed by atoms with Crippen LogP contribution in [0.4, 0.5) is 0 Å². The molecule has 0 aromatic heterocycles. The van der Waals surface area contributed by atoms with Gasteiger partial charge in [0.2, 0.25) is 10.0 Å². The molecular weight excluding hydrogens is 340 g/mol. The van der Waals surface area contributed by atoms with Crippen LogP contribution in [0.25, 0.3) is 0 Å². The average molecular weight is 368 g/mol. The SMILES string of the molecule is CC[C@@H]1CCCCN1CCCNS(=O)(=O)c1cccc(C(=O)OC)c1. The van der Waals surface area contributed by atoms with Gasteiger partial charge >= 0.3 is 5.97 Å². The smallest absolute Gasteiger partial charge is 0.337 e. The fraction of sp³-hybridized carbons (Fsp3) is 0.611. The number of hydrogen-bond donors (Lipinski definition) is 1. The molecule has 140 valence electrons. The van der Waals surface area contributed by atoms with Crippen LogP contribution < -0.4 is 4.72 Å². The number of ether oxygens (including phenoxy) is 1. The molecule has 1 heterocycles. The number of esters is 1. The van der Waals surface area contributed by atoms with Crippen molar-refractivity contribution in [1.82, 2.24) is 9.62 Å². The molecule has 0 amide bonds. The van der Waals surface area contributed by atoms with E-state index in [0.29, 0.717) is 12.6 Å². The molecule has 0 bridgehead atoms. The van der Waals surface area contributed by atoms with Crippen LogP contribution in [0.2, 0.25) is 0 Å². The Bertz CT molecular complexity index is 675. The van der Waals surface area contributed by atoms with Gasteiger partial charge < -0.3 is 9.64 Å². The number of nitrogens with one attached hydrogen (secondary N) is 1. The molecule has 0 unspecified atom stereocenters. The summed E-state index contributed by atoms with van der Waals surface area (Å²) in [6, 6.07) is 6.52. The lowest BCUT2D eigenvalue weighted by molar-refractivity contribution is 0.0600. The van der Waals surface area contributed by atoms with Gasteiger partial charge in [-0.15, -0.1) is 0 Å². The third-order valence-electron chi connectivity index (χ3n) is 4.70. The maximum absolute atomic E-state index is 12.4. The number of sulfonamides is 1. The maximum Gasteiger partial charge on any atom is 0.337 e. The van der Waals surface area contributed by atoms with E-state index in [-0.39, 0.29) is 10.5 Å². The van der Waals surface area contributed by atoms with Gasteiger partial charge in [-0.1, -0.05) is 19.4 Å². The van der Waals surface area contributed by atoms with Gasteiger partial charge in [0.1, 0.15) is 0 Å². The van der Waals surface area contributed by atoms with Crippen LogP contribution >= 0.6 is 0 Å². The summed E-state index contributed by atoms with van der Waals surface area (Å²) in [6.07, 6.45) is 5.67. The Kier molecular flexibility index (Phi) is 7.40. The number of carbonyl (C=O) groups excluding carboxylic acids is 1. The zero-order valence-electron chi connectivity index (χ0n) is 15.0. The van der Waals surface area contributed by atoms with Crippen molar-refractivity contribution in [2.24, 2.45) is 0 Å². The van der Waals surface area contributed by atoms with E-state index < -0.39 is 16.0 Å². The highest BCUT2D eigenvalue weighted by Crippen LogP contribution is 2.19. The third kappa shape index (κ3) is 5.52. The highest BCUT2D eigenvalue weighted by atomic mass is 32.2. The second kappa shape index (κ2) is 9.31. The molecule has 7 heteroatoms. The summed E-state index contributed by atoms with van der Waals surface area (Å²) in [5.41, 5.74) is 0.226. The Morgan fingerprint density at radius 1 is 1.36 bits per heavy atom. The fourth-order valence-corrected chi connectivity index (χ4v) is 4.42. The molecule has 1 atom stereocenters. The first-order chi connectivity index (χ1) is 12.0. The van der Waals surface area contributed by atoms with Crippen LogP contribution in [0.1, 0.15) is 49.4 Å². The summed E-state index contributed by atoms with van der Waals surface area (Å²) in [5.74, 6) is -0.548. The van der Waals surface area contributed by atoms with Crippen LogP contribution in [0.5, 0.6) is 0 Å². The summed E-state index contributed by atoms with van der Waals surface area (Å²) in [6.45, 7) is 4.60. The first kappa shape index (κ1) is 19.9. The largest absolute Gasteiger partial charge is 0.465 e. The molecule has 0 aliphatic carbocycles. The number of carbonyl (C=O) groups is 1. The molecule has 0 spiro atoms. The lowest BCUT2D eigenvalue weighted by Gasteiger charge is -2.35. The molecule has 1 saturated heterocycles. The molecule has 1 aliphatic heterocycles. The Morgan fingerprint density at radius 3 is 2.88 bits per heavy atom. The van der Waals surface area contributed by atoms with Crippen LogP contribution in [0.3, 0.4) is 0 Å². The molecule has 0 saturated carbocycles. The minimum absolute atomic E-state index is 0.0832. The normalized spacial score (nSPS) is 18.9. The van der Waals surface area contributed by atoms with Crippen molar-refractivity contribution >= 4 is 16.0 Å². The maximum atomic E-state index is 12.4. The quantitative estimate of drug-likeness (QED) is 0.563. The number of benzene rings is 1. The van der Waals surface area contributed by atoms with E-state index in [4.69, 9.17) is 0 Å². The lowest BCUT2D eigenvalue weighted by atomic mass is 10.00. The van der Waals surface area contributed by atoms with Crippen molar-refractivity contribution in [3.05, 3.63) is 29.8 Å². The Labute approximate surface area is 150 Å². The zero-order valence-corrected chi connectivity index (χ0v) is 15.8. The van der Waals surface area contributed by atoms with Gasteiger partial charge in [0, 0.05) is 12.6 Å². The summed E-state index contributed by atoms with van der Waals surface area (Å²) in [7, 11) is -2.35. The highest BCUT2D eigenvalue weighted by Gasteiger charge is 2.20. The highest BCUT2D eigenvalue weighted by molar-refractivity contribution is 7.89. The monoisotopic (exact) mass is 368 g/mol. The Balaban J connectivity index is 1.88. The van der Waals surface area contributed by atoms with Crippen molar-refractivity contribution in [2.45, 2.75) is 50.0 Å². The molecule has 1 aromatic rings. The molecule has 1 aromatic carbocycles. The van der Waals surface area contributed by atoms with Crippen molar-refractivity contribution in [2.75, 3.05) is 26.7 Å². The van der Waals surface area contributed by atoms with Gasteiger partial charge in [0.05, 0.1) is 17.6 Å². The van der Waals surface area contributed by atoms with Crippen LogP contribution in [0.15, 0.2) is 29.2 Å². The minimum atomic E-state index is -3.62. The van der Waals surface area contributed by atoms with E-state index in [1.165, 1.54) is 44.6 Å². The van der Waals surface area contributed by atoms with Crippen molar-refractivity contribution < 1.29 is 17.9 Å². The second-order valence-electron chi connectivity index (χ2n) is 6.36. The summed E-state index contributed by atoms with van der Waals surface area (Å²) < 4.78 is 32.0. The fourth-order valence-electron chi connectivity index (χ4n) is 3.30. The van der Waals surface area contributed by atoms with Gasteiger partial charge in [0.25, 0.3) is 0 Å². The number of rotatable bonds is 8. The standard InChI is InChI=1S/C18H28N2O4S/c1-3-16-9-4-5-12-20(16)13-7-11-19-25(22,23)17-10-6-8-15(14-17)18(21)24-2/h6,8,10,14,16,19H,3-5,7,9,11-13H2,1-2H3/t16-/m1/s1. The minimum Gasteiger partial charge on any atom is -0.465 e. The predicted molar refractivity (Wildman–Crippen MR) is 97.1 cm³/mol. The van der Waals surface area contributed by atoms with Gasteiger partial charge in [-0.25, -0.2) is 17.9 Å². The van der Waals surface area contributed by atoms with Gasteiger partial charge in [-0.3, -0.25) is 0 Å². The van der Waals surface area contributed by atoms with E-state index in [2.05, 4.69) is 21.3 Å². The van der Waals surface area contributed by atoms with Crippen LogP contribution in [-0.4, -0.2) is 52.1 Å². The van der Waals surface area contributed by atoms with E-state index >= 15 is 0 Å². The summed E-state index contributed by atoms with van der Waals surface area (Å²) in [5, 5.41) is 0. The topological polar surface area (TPSA) is 75.7 Å². The summed E-state index contributed by atoms with van der Waals surface area (Å²) in [4.78, 5) is 14.1.